The third-order valence-corrected chi connectivity index (χ3v) is 2.27. The Balaban J connectivity index is 3.12. The molecule has 2 heteroatoms. The van der Waals surface area contributed by atoms with E-state index in [0.717, 1.165) is 11.5 Å². The van der Waals surface area contributed by atoms with Crippen molar-refractivity contribution in [3.05, 3.63) is 23.7 Å². The van der Waals surface area contributed by atoms with E-state index in [2.05, 4.69) is 25.4 Å². The molecule has 1 rings (SSSR count). The highest BCUT2D eigenvalue weighted by Crippen LogP contribution is 2.20. The zero-order valence-corrected chi connectivity index (χ0v) is 7.60. The summed E-state index contributed by atoms with van der Waals surface area (Å²) in [5.74, 6) is 0.825. The summed E-state index contributed by atoms with van der Waals surface area (Å²) in [5.41, 5.74) is 3.56. The van der Waals surface area contributed by atoms with Gasteiger partial charge in [0.05, 0.1) is 0 Å². The van der Waals surface area contributed by atoms with Gasteiger partial charge in [0.2, 0.25) is 0 Å². The van der Waals surface area contributed by atoms with E-state index in [1.807, 2.05) is 18.9 Å². The fraction of sp³-hybridized carbons (Fsp3) is 0.444. The molecule has 0 spiro atoms. The lowest BCUT2D eigenvalue weighted by Gasteiger charge is -2.26. The maximum Gasteiger partial charge on any atom is 0.125 e. The van der Waals surface area contributed by atoms with E-state index in [1.165, 1.54) is 11.3 Å². The predicted molar refractivity (Wildman–Crippen MR) is 48.4 cm³/mol. The van der Waals surface area contributed by atoms with Crippen LogP contribution in [0.5, 0.6) is 0 Å². The summed E-state index contributed by atoms with van der Waals surface area (Å²) >= 11 is 0. The molecule has 11 heavy (non-hydrogen) atoms. The molecule has 0 aromatic rings. The molecule has 1 heterocycles. The van der Waals surface area contributed by atoms with Gasteiger partial charge in [0.25, 0.3) is 0 Å². The number of allylic oxidation sites excluding steroid dienone is 2. The van der Waals surface area contributed by atoms with Crippen LogP contribution in [0.3, 0.4) is 0 Å². The molecule has 0 N–H and O–H groups in total. The van der Waals surface area contributed by atoms with Gasteiger partial charge < -0.3 is 4.90 Å². The van der Waals surface area contributed by atoms with Crippen molar-refractivity contribution in [1.82, 2.24) is 4.90 Å². The first-order chi connectivity index (χ1) is 5.04. The number of hydrogen-bond donors (Lipinski definition) is 0. The van der Waals surface area contributed by atoms with Crippen LogP contribution in [-0.4, -0.2) is 17.7 Å². The Hall–Kier alpha value is -1.05. The van der Waals surface area contributed by atoms with Crippen molar-refractivity contribution in [2.24, 2.45) is 4.99 Å². The predicted octanol–water partition coefficient (Wildman–Crippen LogP) is 2.16. The average Bonchev–Trinajstić information content (AvgIpc) is 1.97. The fourth-order valence-electron chi connectivity index (χ4n) is 1.06. The van der Waals surface area contributed by atoms with E-state index in [1.54, 1.807) is 0 Å². The molecule has 0 aromatic heterocycles. The van der Waals surface area contributed by atoms with Crippen LogP contribution in [0, 0.1) is 0 Å². The van der Waals surface area contributed by atoms with Crippen LogP contribution in [0.4, 0.5) is 0 Å². The molecule has 1 aliphatic rings. The molecule has 60 valence electrons. The number of aliphatic imine (C=N–C) groups is 1. The summed E-state index contributed by atoms with van der Waals surface area (Å²) in [7, 11) is 1.98. The van der Waals surface area contributed by atoms with Crippen LogP contribution in [-0.2, 0) is 0 Å². The third kappa shape index (κ3) is 1.20. The lowest BCUT2D eigenvalue weighted by molar-refractivity contribution is 0.507. The molecule has 0 unspecified atom stereocenters. The maximum absolute atomic E-state index is 4.29. The third-order valence-electron chi connectivity index (χ3n) is 2.27. The summed E-state index contributed by atoms with van der Waals surface area (Å²) in [5, 5.41) is 0. The van der Waals surface area contributed by atoms with Crippen molar-refractivity contribution < 1.29 is 0 Å². The fourth-order valence-corrected chi connectivity index (χ4v) is 1.06. The quantitative estimate of drug-likeness (QED) is 0.516. The molecule has 0 saturated carbocycles. The summed E-state index contributed by atoms with van der Waals surface area (Å²) in [6.07, 6.45) is 0. The molecule has 0 radical (unpaired) electrons. The Bertz CT molecular complexity index is 259. The number of nitrogens with zero attached hydrogens (tertiary/aromatic N) is 2. The Kier molecular flexibility index (Phi) is 1.85. The number of hydrogen-bond acceptors (Lipinski definition) is 2. The minimum Gasteiger partial charge on any atom is -0.334 e. The Morgan fingerprint density at radius 3 is 2.36 bits per heavy atom. The van der Waals surface area contributed by atoms with Gasteiger partial charge in [-0.1, -0.05) is 6.58 Å². The van der Waals surface area contributed by atoms with Crippen molar-refractivity contribution >= 4 is 5.71 Å². The standard InChI is InChI=1S/C9H14N2/c1-6-7(2)10-9(4)11(5)8(6)3/h4H2,1-3,5H3. The molecular formula is C9H14N2. The van der Waals surface area contributed by atoms with Gasteiger partial charge in [0.15, 0.2) is 0 Å². The van der Waals surface area contributed by atoms with Crippen LogP contribution < -0.4 is 0 Å². The summed E-state index contributed by atoms with van der Waals surface area (Å²) < 4.78 is 0. The maximum atomic E-state index is 4.29. The molecule has 0 aromatic carbocycles. The van der Waals surface area contributed by atoms with Crippen molar-refractivity contribution in [2.75, 3.05) is 7.05 Å². The second kappa shape index (κ2) is 2.53. The van der Waals surface area contributed by atoms with Gasteiger partial charge in [-0.25, -0.2) is 4.99 Å². The highest BCUT2D eigenvalue weighted by molar-refractivity contribution is 5.99. The second-order valence-electron chi connectivity index (χ2n) is 2.88. The van der Waals surface area contributed by atoms with E-state index in [0.29, 0.717) is 0 Å². The normalized spacial score (nSPS) is 19.1. The van der Waals surface area contributed by atoms with Gasteiger partial charge in [-0.15, -0.1) is 0 Å². The van der Waals surface area contributed by atoms with Crippen molar-refractivity contribution in [3.8, 4) is 0 Å². The highest BCUT2D eigenvalue weighted by Gasteiger charge is 2.13. The second-order valence-corrected chi connectivity index (χ2v) is 2.88. The van der Waals surface area contributed by atoms with Gasteiger partial charge in [0.1, 0.15) is 5.82 Å². The molecule has 0 aliphatic carbocycles. The minimum absolute atomic E-state index is 0.825. The van der Waals surface area contributed by atoms with Crippen LogP contribution in [0.15, 0.2) is 28.7 Å². The SMILES string of the molecule is C=C1N=C(C)C(C)=C(C)N1C. The van der Waals surface area contributed by atoms with Crippen molar-refractivity contribution in [1.29, 1.82) is 0 Å². The lowest BCUT2D eigenvalue weighted by atomic mass is 10.1. The zero-order valence-electron chi connectivity index (χ0n) is 7.60. The topological polar surface area (TPSA) is 15.6 Å². The van der Waals surface area contributed by atoms with E-state index in [-0.39, 0.29) is 0 Å². The summed E-state index contributed by atoms with van der Waals surface area (Å²) in [4.78, 5) is 6.29. The van der Waals surface area contributed by atoms with Gasteiger partial charge in [-0.3, -0.25) is 0 Å². The average molecular weight is 150 g/mol. The van der Waals surface area contributed by atoms with Gasteiger partial charge in [-0.2, -0.15) is 0 Å². The monoisotopic (exact) mass is 150 g/mol. The van der Waals surface area contributed by atoms with Gasteiger partial charge in [-0.05, 0) is 26.3 Å². The molecule has 1 aliphatic heterocycles. The Labute approximate surface area is 67.9 Å². The van der Waals surface area contributed by atoms with Crippen LogP contribution in [0.1, 0.15) is 20.8 Å². The molecule has 0 amide bonds. The first-order valence-corrected chi connectivity index (χ1v) is 3.70. The van der Waals surface area contributed by atoms with E-state index >= 15 is 0 Å². The minimum atomic E-state index is 0.825. The van der Waals surface area contributed by atoms with E-state index < -0.39 is 0 Å². The number of rotatable bonds is 0. The first kappa shape index (κ1) is 8.05. The molecule has 0 atom stereocenters. The Morgan fingerprint density at radius 2 is 1.82 bits per heavy atom. The summed E-state index contributed by atoms with van der Waals surface area (Å²) in [6.45, 7) is 10.0. The molecule has 2 nitrogen and oxygen atoms in total. The zero-order chi connectivity index (χ0) is 8.59. The molecule has 0 saturated heterocycles. The largest absolute Gasteiger partial charge is 0.334 e. The van der Waals surface area contributed by atoms with Crippen molar-refractivity contribution in [2.45, 2.75) is 20.8 Å². The molecular weight excluding hydrogens is 136 g/mol. The highest BCUT2D eigenvalue weighted by atomic mass is 15.2. The Morgan fingerprint density at radius 1 is 1.27 bits per heavy atom. The first-order valence-electron chi connectivity index (χ1n) is 3.70. The van der Waals surface area contributed by atoms with Gasteiger partial charge >= 0.3 is 0 Å². The van der Waals surface area contributed by atoms with Gasteiger partial charge in [0, 0.05) is 18.5 Å². The smallest absolute Gasteiger partial charge is 0.125 e. The lowest BCUT2D eigenvalue weighted by Crippen LogP contribution is -2.21. The summed E-state index contributed by atoms with van der Waals surface area (Å²) in [6, 6.07) is 0. The van der Waals surface area contributed by atoms with E-state index in [9.17, 15) is 0 Å². The van der Waals surface area contributed by atoms with Crippen LogP contribution in [0.2, 0.25) is 0 Å². The molecule has 0 bridgehead atoms. The van der Waals surface area contributed by atoms with Crippen LogP contribution >= 0.6 is 0 Å². The molecule has 0 fully saturated rings. The van der Waals surface area contributed by atoms with E-state index in [4.69, 9.17) is 0 Å². The van der Waals surface area contributed by atoms with Crippen molar-refractivity contribution in [3.63, 3.8) is 0 Å². The van der Waals surface area contributed by atoms with Crippen LogP contribution in [0.25, 0.3) is 0 Å².